The van der Waals surface area contributed by atoms with Gasteiger partial charge in [0.15, 0.2) is 0 Å². The number of hydrogen-bond donors (Lipinski definition) is 2. The molecule has 1 amide bonds. The Hall–Kier alpha value is -2.21. The summed E-state index contributed by atoms with van der Waals surface area (Å²) < 4.78 is 15.7. The lowest BCUT2D eigenvalue weighted by molar-refractivity contribution is -0.125. The summed E-state index contributed by atoms with van der Waals surface area (Å²) >= 11 is 0. The first-order chi connectivity index (χ1) is 10.6. The Morgan fingerprint density at radius 3 is 2.95 bits per heavy atom. The van der Waals surface area contributed by atoms with Gasteiger partial charge in [0.05, 0.1) is 12.0 Å². The second-order valence-corrected chi connectivity index (χ2v) is 5.74. The summed E-state index contributed by atoms with van der Waals surface area (Å²) in [6.45, 7) is 0.325. The molecule has 6 heteroatoms. The van der Waals surface area contributed by atoms with Crippen molar-refractivity contribution in [3.8, 4) is 5.69 Å². The van der Waals surface area contributed by atoms with Crippen LogP contribution in [0.25, 0.3) is 5.69 Å². The smallest absolute Gasteiger partial charge is 0.223 e. The molecule has 1 aromatic carbocycles. The van der Waals surface area contributed by atoms with E-state index in [2.05, 4.69) is 10.3 Å². The van der Waals surface area contributed by atoms with Crippen LogP contribution >= 0.6 is 0 Å². The molecule has 1 heterocycles. The largest absolute Gasteiger partial charge is 0.352 e. The van der Waals surface area contributed by atoms with Gasteiger partial charge in [-0.1, -0.05) is 6.07 Å². The van der Waals surface area contributed by atoms with Crippen LogP contribution in [0, 0.1) is 11.7 Å². The number of carbonyl (C=O) groups excluding carboxylic acids is 1. The highest BCUT2D eigenvalue weighted by Gasteiger charge is 2.27. The summed E-state index contributed by atoms with van der Waals surface area (Å²) in [5.74, 6) is -0.343. The molecule has 0 aliphatic heterocycles. The number of hydrogen-bond acceptors (Lipinski definition) is 3. The highest BCUT2D eigenvalue weighted by atomic mass is 19.1. The van der Waals surface area contributed by atoms with Gasteiger partial charge in [-0.05, 0) is 37.0 Å². The van der Waals surface area contributed by atoms with E-state index in [-0.39, 0.29) is 23.7 Å². The van der Waals surface area contributed by atoms with Gasteiger partial charge in [-0.3, -0.25) is 4.79 Å². The Bertz CT molecular complexity index is 656. The van der Waals surface area contributed by atoms with Gasteiger partial charge in [-0.25, -0.2) is 9.37 Å². The summed E-state index contributed by atoms with van der Waals surface area (Å²) in [4.78, 5) is 15.9. The SMILES string of the molecule is NC1CCC(C(=O)NCc2ccc(-n3ccnc3)c(F)c2)C1. The summed E-state index contributed by atoms with van der Waals surface area (Å²) in [7, 11) is 0. The molecule has 116 valence electrons. The van der Waals surface area contributed by atoms with Gasteiger partial charge in [0.25, 0.3) is 0 Å². The number of nitrogens with two attached hydrogens (primary N) is 1. The molecule has 2 atom stereocenters. The normalized spacial score (nSPS) is 21.0. The number of imidazole rings is 1. The molecule has 1 fully saturated rings. The van der Waals surface area contributed by atoms with Gasteiger partial charge in [0, 0.05) is 30.9 Å². The Balaban J connectivity index is 1.61. The number of aromatic nitrogens is 2. The molecule has 2 aromatic rings. The number of rotatable bonds is 4. The Morgan fingerprint density at radius 2 is 2.32 bits per heavy atom. The fourth-order valence-electron chi connectivity index (χ4n) is 2.86. The van der Waals surface area contributed by atoms with Crippen molar-refractivity contribution in [3.63, 3.8) is 0 Å². The predicted octanol–water partition coefficient (Wildman–Crippen LogP) is 1.75. The van der Waals surface area contributed by atoms with Crippen molar-refractivity contribution < 1.29 is 9.18 Å². The third-order valence-corrected chi connectivity index (χ3v) is 4.11. The molecule has 0 radical (unpaired) electrons. The molecule has 3 N–H and O–H groups in total. The third kappa shape index (κ3) is 3.17. The molecule has 5 nitrogen and oxygen atoms in total. The summed E-state index contributed by atoms with van der Waals surface area (Å²) in [5.41, 5.74) is 6.99. The molecule has 1 aliphatic rings. The van der Waals surface area contributed by atoms with E-state index >= 15 is 0 Å². The molecule has 1 aliphatic carbocycles. The minimum absolute atomic E-state index is 0.00652. The molecule has 0 saturated heterocycles. The molecule has 1 aromatic heterocycles. The van der Waals surface area contributed by atoms with Gasteiger partial charge >= 0.3 is 0 Å². The Labute approximate surface area is 128 Å². The monoisotopic (exact) mass is 302 g/mol. The van der Waals surface area contributed by atoms with Crippen LogP contribution in [0.3, 0.4) is 0 Å². The summed E-state index contributed by atoms with van der Waals surface area (Å²) in [6, 6.07) is 5.06. The molecule has 0 spiro atoms. The van der Waals surface area contributed by atoms with Crippen molar-refractivity contribution in [1.29, 1.82) is 0 Å². The Morgan fingerprint density at radius 1 is 1.45 bits per heavy atom. The maximum atomic E-state index is 14.1. The molecular weight excluding hydrogens is 283 g/mol. The highest BCUT2D eigenvalue weighted by molar-refractivity contribution is 5.79. The van der Waals surface area contributed by atoms with E-state index in [4.69, 9.17) is 5.73 Å². The van der Waals surface area contributed by atoms with Crippen molar-refractivity contribution in [2.45, 2.75) is 31.8 Å². The number of halogens is 1. The number of nitrogens with one attached hydrogen (secondary N) is 1. The first-order valence-corrected chi connectivity index (χ1v) is 7.43. The Kier molecular flexibility index (Phi) is 4.20. The molecule has 2 unspecified atom stereocenters. The predicted molar refractivity (Wildman–Crippen MR) is 80.7 cm³/mol. The van der Waals surface area contributed by atoms with Crippen LogP contribution in [0.5, 0.6) is 0 Å². The van der Waals surface area contributed by atoms with Crippen molar-refractivity contribution in [1.82, 2.24) is 14.9 Å². The first-order valence-electron chi connectivity index (χ1n) is 7.43. The van der Waals surface area contributed by atoms with Crippen molar-refractivity contribution in [3.05, 3.63) is 48.3 Å². The van der Waals surface area contributed by atoms with Gasteiger partial charge in [-0.15, -0.1) is 0 Å². The van der Waals surface area contributed by atoms with E-state index < -0.39 is 0 Å². The zero-order valence-electron chi connectivity index (χ0n) is 12.2. The van der Waals surface area contributed by atoms with Crippen LogP contribution in [-0.2, 0) is 11.3 Å². The average Bonchev–Trinajstić information content (AvgIpc) is 3.16. The molecule has 3 rings (SSSR count). The topological polar surface area (TPSA) is 72.9 Å². The zero-order chi connectivity index (χ0) is 15.5. The molecular formula is C16H19FN4O. The van der Waals surface area contributed by atoms with E-state index in [0.29, 0.717) is 12.2 Å². The summed E-state index contributed by atoms with van der Waals surface area (Å²) in [6.07, 6.45) is 7.29. The van der Waals surface area contributed by atoms with Crippen LogP contribution in [0.1, 0.15) is 24.8 Å². The molecule has 22 heavy (non-hydrogen) atoms. The first kappa shape index (κ1) is 14.7. The molecule has 0 bridgehead atoms. The van der Waals surface area contributed by atoms with E-state index in [1.807, 2.05) is 0 Å². The lowest BCUT2D eigenvalue weighted by Crippen LogP contribution is -2.30. The quantitative estimate of drug-likeness (QED) is 0.904. The lowest BCUT2D eigenvalue weighted by atomic mass is 10.1. The second kappa shape index (κ2) is 6.27. The molecule has 1 saturated carbocycles. The van der Waals surface area contributed by atoms with E-state index in [1.54, 1.807) is 35.4 Å². The van der Waals surface area contributed by atoms with Crippen LogP contribution in [0.4, 0.5) is 4.39 Å². The van der Waals surface area contributed by atoms with Crippen molar-refractivity contribution >= 4 is 5.91 Å². The van der Waals surface area contributed by atoms with E-state index in [9.17, 15) is 9.18 Å². The minimum Gasteiger partial charge on any atom is -0.352 e. The van der Waals surface area contributed by atoms with E-state index in [1.165, 1.54) is 6.07 Å². The van der Waals surface area contributed by atoms with Gasteiger partial charge in [0.1, 0.15) is 5.82 Å². The van der Waals surface area contributed by atoms with Gasteiger partial charge < -0.3 is 15.6 Å². The number of carbonyl (C=O) groups is 1. The zero-order valence-corrected chi connectivity index (χ0v) is 12.2. The maximum absolute atomic E-state index is 14.1. The fraction of sp³-hybridized carbons (Fsp3) is 0.375. The number of benzene rings is 1. The van der Waals surface area contributed by atoms with Crippen LogP contribution in [-0.4, -0.2) is 21.5 Å². The second-order valence-electron chi connectivity index (χ2n) is 5.74. The minimum atomic E-state index is -0.340. The van der Waals surface area contributed by atoms with E-state index in [0.717, 1.165) is 24.8 Å². The summed E-state index contributed by atoms with van der Waals surface area (Å²) in [5, 5.41) is 2.86. The van der Waals surface area contributed by atoms with Crippen LogP contribution < -0.4 is 11.1 Å². The lowest BCUT2D eigenvalue weighted by Gasteiger charge is -2.11. The fourth-order valence-corrected chi connectivity index (χ4v) is 2.86. The van der Waals surface area contributed by atoms with Gasteiger partial charge in [0.2, 0.25) is 5.91 Å². The average molecular weight is 302 g/mol. The standard InChI is InChI=1S/C16H19FN4O/c17-14-7-11(1-4-15(14)21-6-5-19-10-21)9-20-16(22)12-2-3-13(18)8-12/h1,4-7,10,12-13H,2-3,8-9,18H2,(H,20,22). The third-order valence-electron chi connectivity index (χ3n) is 4.11. The van der Waals surface area contributed by atoms with Crippen molar-refractivity contribution in [2.75, 3.05) is 0 Å². The highest BCUT2D eigenvalue weighted by Crippen LogP contribution is 2.24. The maximum Gasteiger partial charge on any atom is 0.223 e. The van der Waals surface area contributed by atoms with Crippen molar-refractivity contribution in [2.24, 2.45) is 11.7 Å². The van der Waals surface area contributed by atoms with Crippen LogP contribution in [0.2, 0.25) is 0 Å². The van der Waals surface area contributed by atoms with Crippen LogP contribution in [0.15, 0.2) is 36.9 Å². The van der Waals surface area contributed by atoms with Gasteiger partial charge in [-0.2, -0.15) is 0 Å². The number of nitrogens with zero attached hydrogens (tertiary/aromatic N) is 2. The number of amides is 1.